The second-order valence-corrected chi connectivity index (χ2v) is 5.36. The van der Waals surface area contributed by atoms with Crippen molar-refractivity contribution < 1.29 is 14.6 Å². The maximum atomic E-state index is 11.1. The minimum Gasteiger partial charge on any atom is -0.477 e. The summed E-state index contributed by atoms with van der Waals surface area (Å²) in [5.74, 6) is -0.859. The van der Waals surface area contributed by atoms with Gasteiger partial charge in [-0.25, -0.2) is 4.79 Å². The number of ether oxygens (including phenoxy) is 1. The van der Waals surface area contributed by atoms with Crippen LogP contribution in [0.3, 0.4) is 0 Å². The summed E-state index contributed by atoms with van der Waals surface area (Å²) in [7, 11) is 0. The number of halogens is 1. The predicted molar refractivity (Wildman–Crippen MR) is 67.8 cm³/mol. The minimum atomic E-state index is -0.859. The average molecular weight is 335 g/mol. The molecule has 5 heteroatoms. The van der Waals surface area contributed by atoms with Crippen LogP contribution in [0.2, 0.25) is 0 Å². The lowest BCUT2D eigenvalue weighted by molar-refractivity contribution is 0.00511. The summed E-state index contributed by atoms with van der Waals surface area (Å²) in [5, 5.41) is 9.12. The Morgan fingerprint density at radius 3 is 3.06 bits per heavy atom. The van der Waals surface area contributed by atoms with Crippen LogP contribution in [0, 0.1) is 3.57 Å². The molecule has 2 atom stereocenters. The Bertz CT molecular complexity index is 402. The second-order valence-electron chi connectivity index (χ2n) is 4.12. The molecular weight excluding hydrogens is 321 g/mol. The number of carboxylic acids is 1. The van der Waals surface area contributed by atoms with Gasteiger partial charge in [0.15, 0.2) is 0 Å². The Morgan fingerprint density at radius 2 is 2.44 bits per heavy atom. The van der Waals surface area contributed by atoms with Crippen molar-refractivity contribution in [2.75, 3.05) is 6.61 Å². The molecule has 1 N–H and O–H groups in total. The molecule has 88 valence electrons. The molecule has 1 aromatic rings. The summed E-state index contributed by atoms with van der Waals surface area (Å²) < 4.78 is 8.32. The molecule has 1 fully saturated rings. The van der Waals surface area contributed by atoms with Gasteiger partial charge in [0.05, 0.1) is 6.10 Å². The molecule has 1 aromatic heterocycles. The van der Waals surface area contributed by atoms with E-state index < -0.39 is 5.97 Å². The van der Waals surface area contributed by atoms with Gasteiger partial charge in [-0.3, -0.25) is 0 Å². The summed E-state index contributed by atoms with van der Waals surface area (Å²) in [5.41, 5.74) is 0.378. The topological polar surface area (TPSA) is 51.5 Å². The molecule has 2 rings (SSSR count). The van der Waals surface area contributed by atoms with Crippen molar-refractivity contribution in [1.29, 1.82) is 0 Å². The lowest BCUT2D eigenvalue weighted by Crippen LogP contribution is -2.26. The van der Waals surface area contributed by atoms with Crippen LogP contribution in [-0.4, -0.2) is 28.4 Å². The number of carbonyl (C=O) groups is 1. The molecule has 0 aliphatic carbocycles. The summed E-state index contributed by atoms with van der Waals surface area (Å²) >= 11 is 2.15. The van der Waals surface area contributed by atoms with Crippen LogP contribution in [0.15, 0.2) is 12.3 Å². The first-order valence-corrected chi connectivity index (χ1v) is 6.38. The molecule has 16 heavy (non-hydrogen) atoms. The molecule has 0 saturated carbocycles. The van der Waals surface area contributed by atoms with Gasteiger partial charge < -0.3 is 14.4 Å². The van der Waals surface area contributed by atoms with Gasteiger partial charge in [0, 0.05) is 22.4 Å². The third kappa shape index (κ3) is 2.40. The van der Waals surface area contributed by atoms with E-state index in [1.807, 2.05) is 17.7 Å². The van der Waals surface area contributed by atoms with E-state index in [4.69, 9.17) is 9.84 Å². The van der Waals surface area contributed by atoms with Crippen LogP contribution in [0.1, 0.15) is 36.3 Å². The molecule has 4 nitrogen and oxygen atoms in total. The first kappa shape index (κ1) is 11.9. The molecule has 2 heterocycles. The number of aromatic carboxylic acids is 1. The van der Waals surface area contributed by atoms with E-state index in [0.717, 1.165) is 16.4 Å². The highest BCUT2D eigenvalue weighted by molar-refractivity contribution is 14.1. The van der Waals surface area contributed by atoms with Crippen molar-refractivity contribution in [1.82, 2.24) is 4.57 Å². The molecule has 1 aliphatic rings. The summed E-state index contributed by atoms with van der Waals surface area (Å²) in [6, 6.07) is 1.96. The fourth-order valence-electron chi connectivity index (χ4n) is 2.15. The van der Waals surface area contributed by atoms with Crippen molar-refractivity contribution >= 4 is 28.6 Å². The molecule has 0 spiro atoms. The number of rotatable bonds is 2. The van der Waals surface area contributed by atoms with Gasteiger partial charge in [0.25, 0.3) is 0 Å². The molecule has 2 unspecified atom stereocenters. The van der Waals surface area contributed by atoms with Crippen molar-refractivity contribution in [3.05, 3.63) is 21.5 Å². The van der Waals surface area contributed by atoms with E-state index >= 15 is 0 Å². The van der Waals surface area contributed by atoms with Crippen LogP contribution < -0.4 is 0 Å². The third-order valence-electron chi connectivity index (χ3n) is 2.89. The highest BCUT2D eigenvalue weighted by Crippen LogP contribution is 2.28. The molecule has 0 amide bonds. The summed E-state index contributed by atoms with van der Waals surface area (Å²) in [6.45, 7) is 2.74. The van der Waals surface area contributed by atoms with Crippen LogP contribution in [-0.2, 0) is 4.74 Å². The number of aromatic nitrogens is 1. The van der Waals surface area contributed by atoms with Crippen LogP contribution in [0.25, 0.3) is 0 Å². The van der Waals surface area contributed by atoms with Crippen LogP contribution >= 0.6 is 22.6 Å². The Hall–Kier alpha value is -0.560. The van der Waals surface area contributed by atoms with Gasteiger partial charge in [-0.1, -0.05) is 0 Å². The van der Waals surface area contributed by atoms with E-state index in [0.29, 0.717) is 12.3 Å². The molecule has 0 radical (unpaired) electrons. The fourth-order valence-corrected chi connectivity index (χ4v) is 2.74. The van der Waals surface area contributed by atoms with Crippen molar-refractivity contribution in [2.45, 2.75) is 31.9 Å². The maximum Gasteiger partial charge on any atom is 0.352 e. The maximum absolute atomic E-state index is 11.1. The van der Waals surface area contributed by atoms with E-state index in [1.165, 1.54) is 0 Å². The fraction of sp³-hybridized carbons (Fsp3) is 0.545. The van der Waals surface area contributed by atoms with Gasteiger partial charge in [0.2, 0.25) is 0 Å². The van der Waals surface area contributed by atoms with Crippen molar-refractivity contribution in [2.24, 2.45) is 0 Å². The smallest absolute Gasteiger partial charge is 0.352 e. The Balaban J connectivity index is 2.28. The number of nitrogens with zero attached hydrogens (tertiary/aromatic N) is 1. The van der Waals surface area contributed by atoms with Gasteiger partial charge in [-0.2, -0.15) is 0 Å². The first-order valence-electron chi connectivity index (χ1n) is 5.30. The standard InChI is InChI=1S/C11H14INO3/c1-7-4-9(2-3-16-7)13-6-8(12)5-10(13)11(14)15/h5-7,9H,2-4H2,1H3,(H,14,15). The first-order chi connectivity index (χ1) is 7.58. The highest BCUT2D eigenvalue weighted by atomic mass is 127. The minimum absolute atomic E-state index is 0.209. The van der Waals surface area contributed by atoms with Gasteiger partial charge in [0.1, 0.15) is 5.69 Å². The Morgan fingerprint density at radius 1 is 1.69 bits per heavy atom. The van der Waals surface area contributed by atoms with E-state index in [9.17, 15) is 4.79 Å². The zero-order valence-corrected chi connectivity index (χ0v) is 11.2. The predicted octanol–water partition coefficient (Wildman–Crippen LogP) is 2.53. The van der Waals surface area contributed by atoms with E-state index in [1.54, 1.807) is 6.07 Å². The highest BCUT2D eigenvalue weighted by Gasteiger charge is 2.24. The second kappa shape index (κ2) is 4.75. The molecule has 1 saturated heterocycles. The Labute approximate surface area is 108 Å². The van der Waals surface area contributed by atoms with Crippen molar-refractivity contribution in [3.63, 3.8) is 0 Å². The van der Waals surface area contributed by atoms with Gasteiger partial charge >= 0.3 is 5.97 Å². The zero-order chi connectivity index (χ0) is 11.7. The summed E-state index contributed by atoms with van der Waals surface area (Å²) in [4.78, 5) is 11.1. The lowest BCUT2D eigenvalue weighted by Gasteiger charge is -2.29. The normalized spacial score (nSPS) is 25.6. The Kier molecular flexibility index (Phi) is 3.53. The van der Waals surface area contributed by atoms with Crippen LogP contribution in [0.4, 0.5) is 0 Å². The quantitative estimate of drug-likeness (QED) is 0.845. The lowest BCUT2D eigenvalue weighted by atomic mass is 10.0. The van der Waals surface area contributed by atoms with Crippen LogP contribution in [0.5, 0.6) is 0 Å². The van der Waals surface area contributed by atoms with Gasteiger partial charge in [-0.05, 0) is 48.4 Å². The average Bonchev–Trinajstić information content (AvgIpc) is 2.60. The van der Waals surface area contributed by atoms with Gasteiger partial charge in [-0.15, -0.1) is 0 Å². The molecule has 0 bridgehead atoms. The number of hydrogen-bond donors (Lipinski definition) is 1. The van der Waals surface area contributed by atoms with Crippen molar-refractivity contribution in [3.8, 4) is 0 Å². The SMILES string of the molecule is CC1CC(n2cc(I)cc2C(=O)O)CCO1. The third-order valence-corrected chi connectivity index (χ3v) is 3.48. The largest absolute Gasteiger partial charge is 0.477 e. The van der Waals surface area contributed by atoms with E-state index in [-0.39, 0.29) is 12.1 Å². The summed E-state index contributed by atoms with van der Waals surface area (Å²) in [6.07, 6.45) is 3.88. The molecule has 0 aromatic carbocycles. The number of carboxylic acid groups (broad SMARTS) is 1. The zero-order valence-electron chi connectivity index (χ0n) is 9.02. The van der Waals surface area contributed by atoms with E-state index in [2.05, 4.69) is 22.6 Å². The molecule has 1 aliphatic heterocycles. The monoisotopic (exact) mass is 335 g/mol. The molecular formula is C11H14INO3. The number of hydrogen-bond acceptors (Lipinski definition) is 2.